The van der Waals surface area contributed by atoms with Crippen LogP contribution in [0.1, 0.15) is 73.7 Å². The summed E-state index contributed by atoms with van der Waals surface area (Å²) < 4.78 is 6.38. The fourth-order valence-corrected chi connectivity index (χ4v) is 8.25. The molecule has 8 N–H and O–H groups in total. The standard InChI is InChI=1S/C32H40N10O2S/c1-18(22-9-6-14-42(22)2)44-25-15-24(38-17-21(41-36)19-7-5-13-37-16-19)39-31(40-25)27(33)20-8-3-11-32(29(20)43)12-4-10-23-26(32)28(34)30(35)45-23/h5,7,13,15-18,22H,3-4,6,8-12,14,33-36H2,1-2H3/t18-,22-,32-/m0/s1. The van der Waals surface area contributed by atoms with E-state index in [0.717, 1.165) is 49.1 Å². The van der Waals surface area contributed by atoms with Crippen molar-refractivity contribution in [3.8, 4) is 5.88 Å². The minimum atomic E-state index is -0.739. The summed E-state index contributed by atoms with van der Waals surface area (Å²) in [6.45, 7) is 3.05. The third-order valence-electron chi connectivity index (χ3n) is 9.37. The zero-order valence-corrected chi connectivity index (χ0v) is 26.5. The topological polar surface area (TPSA) is 197 Å². The molecule has 3 aliphatic rings. The van der Waals surface area contributed by atoms with Gasteiger partial charge in [0.05, 0.1) is 23.0 Å². The predicted octanol–water partition coefficient (Wildman–Crippen LogP) is 3.72. The van der Waals surface area contributed by atoms with E-state index in [9.17, 15) is 4.79 Å². The van der Waals surface area contributed by atoms with E-state index in [-0.39, 0.29) is 29.5 Å². The van der Waals surface area contributed by atoms with Gasteiger partial charge in [-0.3, -0.25) is 14.7 Å². The van der Waals surface area contributed by atoms with Crippen molar-refractivity contribution in [2.45, 2.75) is 75.9 Å². The molecule has 6 rings (SSSR count). The van der Waals surface area contributed by atoms with E-state index < -0.39 is 5.41 Å². The van der Waals surface area contributed by atoms with Crippen LogP contribution in [0.3, 0.4) is 0 Å². The Bertz CT molecular complexity index is 1680. The van der Waals surface area contributed by atoms with Gasteiger partial charge in [-0.1, -0.05) is 0 Å². The Labute approximate surface area is 266 Å². The number of aryl methyl sites for hydroxylation is 1. The number of hydrogen-bond acceptors (Lipinski definition) is 13. The van der Waals surface area contributed by atoms with Crippen molar-refractivity contribution in [3.05, 3.63) is 58.0 Å². The summed E-state index contributed by atoms with van der Waals surface area (Å²) in [5.74, 6) is 6.46. The molecule has 0 bridgehead atoms. The number of hydrazone groups is 1. The van der Waals surface area contributed by atoms with Gasteiger partial charge in [-0.05, 0) is 84.0 Å². The molecule has 1 aliphatic heterocycles. The minimum Gasteiger partial charge on any atom is -0.473 e. The van der Waals surface area contributed by atoms with Gasteiger partial charge in [-0.15, -0.1) is 11.3 Å². The molecule has 13 heteroatoms. The molecule has 0 radical (unpaired) electrons. The fraction of sp³-hybridized carbons (Fsp3) is 0.438. The first-order chi connectivity index (χ1) is 21.7. The average Bonchev–Trinajstić information content (AvgIpc) is 3.61. The van der Waals surface area contributed by atoms with Gasteiger partial charge in [0.15, 0.2) is 17.4 Å². The maximum Gasteiger partial charge on any atom is 0.219 e. The van der Waals surface area contributed by atoms with E-state index in [4.69, 9.17) is 32.8 Å². The Balaban J connectivity index is 1.39. The molecule has 236 valence electrons. The number of pyridine rings is 1. The molecular formula is C32H40N10O2S. The minimum absolute atomic E-state index is 0.0215. The number of aliphatic imine (C=N–C) groups is 1. The lowest BCUT2D eigenvalue weighted by molar-refractivity contribution is -0.122. The summed E-state index contributed by atoms with van der Waals surface area (Å²) in [6, 6.07) is 5.53. The smallest absolute Gasteiger partial charge is 0.219 e. The number of likely N-dealkylation sites (tertiary alicyclic amines) is 1. The number of allylic oxidation sites excluding steroid dienone is 1. The van der Waals surface area contributed by atoms with Gasteiger partial charge in [-0.2, -0.15) is 10.1 Å². The van der Waals surface area contributed by atoms with Crippen LogP contribution in [0.5, 0.6) is 5.88 Å². The van der Waals surface area contributed by atoms with Gasteiger partial charge >= 0.3 is 0 Å². The van der Waals surface area contributed by atoms with Crippen LogP contribution in [0.25, 0.3) is 5.70 Å². The number of fused-ring (bicyclic) bond motifs is 2. The number of nitrogens with zero attached hydrogens (tertiary/aromatic N) is 6. The highest BCUT2D eigenvalue weighted by Gasteiger charge is 2.49. The first-order valence-electron chi connectivity index (χ1n) is 15.4. The molecule has 45 heavy (non-hydrogen) atoms. The Morgan fingerprint density at radius 2 is 2.02 bits per heavy atom. The molecule has 1 saturated heterocycles. The van der Waals surface area contributed by atoms with Crippen molar-refractivity contribution < 1.29 is 9.53 Å². The predicted molar refractivity (Wildman–Crippen MR) is 179 cm³/mol. The first-order valence-corrected chi connectivity index (χ1v) is 16.2. The van der Waals surface area contributed by atoms with Crippen LogP contribution < -0.4 is 27.8 Å². The van der Waals surface area contributed by atoms with E-state index in [0.29, 0.717) is 58.5 Å². The Morgan fingerprint density at radius 3 is 2.73 bits per heavy atom. The zero-order chi connectivity index (χ0) is 31.7. The lowest BCUT2D eigenvalue weighted by Crippen LogP contribution is -2.43. The number of Topliss-reactive ketones (excluding diaryl/α,β-unsaturated/α-hetero) is 1. The number of nitrogens with two attached hydrogens (primary N) is 4. The van der Waals surface area contributed by atoms with Gasteiger partial charge < -0.3 is 27.8 Å². The molecule has 12 nitrogen and oxygen atoms in total. The zero-order valence-electron chi connectivity index (χ0n) is 25.7. The second-order valence-electron chi connectivity index (χ2n) is 12.1. The molecule has 3 atom stereocenters. The van der Waals surface area contributed by atoms with E-state index in [1.165, 1.54) is 17.6 Å². The van der Waals surface area contributed by atoms with Crippen LogP contribution in [0.2, 0.25) is 0 Å². The number of carbonyl (C=O) groups excluding carboxylic acids is 1. The monoisotopic (exact) mass is 628 g/mol. The highest BCUT2D eigenvalue weighted by Crippen LogP contribution is 2.53. The second kappa shape index (κ2) is 12.6. The fourth-order valence-electron chi connectivity index (χ4n) is 7.12. The molecule has 3 aromatic heterocycles. The van der Waals surface area contributed by atoms with Crippen LogP contribution in [-0.4, -0.2) is 63.3 Å². The number of aromatic nitrogens is 3. The van der Waals surface area contributed by atoms with Crippen LogP contribution in [0, 0.1) is 0 Å². The number of anilines is 2. The molecule has 1 spiro atoms. The molecule has 2 fully saturated rings. The number of carbonyl (C=O) groups is 1. The molecule has 0 aromatic carbocycles. The van der Waals surface area contributed by atoms with E-state index in [1.807, 2.05) is 13.0 Å². The van der Waals surface area contributed by atoms with Gasteiger partial charge in [0, 0.05) is 46.1 Å². The Morgan fingerprint density at radius 1 is 1.22 bits per heavy atom. The summed E-state index contributed by atoms with van der Waals surface area (Å²) >= 11 is 1.49. The van der Waals surface area contributed by atoms with E-state index in [1.54, 1.807) is 24.5 Å². The van der Waals surface area contributed by atoms with Crippen molar-refractivity contribution in [1.29, 1.82) is 0 Å². The third kappa shape index (κ3) is 5.77. The van der Waals surface area contributed by atoms with Crippen molar-refractivity contribution in [3.63, 3.8) is 0 Å². The van der Waals surface area contributed by atoms with Gasteiger partial charge in [0.25, 0.3) is 0 Å². The number of likely N-dealkylation sites (N-methyl/N-ethyl adjacent to an activating group) is 1. The Hall–Kier alpha value is -4.36. The number of rotatable bonds is 7. The van der Waals surface area contributed by atoms with E-state index >= 15 is 0 Å². The lowest BCUT2D eigenvalue weighted by Gasteiger charge is -2.40. The van der Waals surface area contributed by atoms with Gasteiger partial charge in [0.2, 0.25) is 5.88 Å². The van der Waals surface area contributed by atoms with Crippen molar-refractivity contribution in [2.24, 2.45) is 21.7 Å². The average molecular weight is 629 g/mol. The molecule has 4 heterocycles. The maximum absolute atomic E-state index is 14.4. The first kappa shape index (κ1) is 30.7. The van der Waals surface area contributed by atoms with Crippen LogP contribution in [-0.2, 0) is 16.6 Å². The summed E-state index contributed by atoms with van der Waals surface area (Å²) in [4.78, 5) is 35.9. The summed E-state index contributed by atoms with van der Waals surface area (Å²) in [7, 11) is 2.10. The molecule has 1 saturated carbocycles. The number of thiophene rings is 1. The van der Waals surface area contributed by atoms with Crippen LogP contribution in [0.15, 0.2) is 46.3 Å². The maximum atomic E-state index is 14.4. The summed E-state index contributed by atoms with van der Waals surface area (Å²) in [6.07, 6.45) is 11.3. The summed E-state index contributed by atoms with van der Waals surface area (Å²) in [5.41, 5.74) is 22.1. The van der Waals surface area contributed by atoms with Crippen molar-refractivity contribution in [2.75, 3.05) is 25.1 Å². The number of ketones is 1. The number of nitrogen functional groups attached to an aromatic ring is 2. The SMILES string of the molecule is C[C@H](Oc1cc(N=CC(=NN)c2cccnc2)nc(C(N)=C2CCC[C@@]3(CCCc4sc(N)c(N)c43)C2=O)n1)[C@@H]1CCCN1C. The van der Waals surface area contributed by atoms with Gasteiger partial charge in [-0.25, -0.2) is 9.98 Å². The van der Waals surface area contributed by atoms with Crippen LogP contribution in [0.4, 0.5) is 16.5 Å². The van der Waals surface area contributed by atoms with Crippen molar-refractivity contribution in [1.82, 2.24) is 19.9 Å². The van der Waals surface area contributed by atoms with Crippen LogP contribution >= 0.6 is 11.3 Å². The normalized spacial score (nSPS) is 24.3. The lowest BCUT2D eigenvalue weighted by atomic mass is 9.61. The van der Waals surface area contributed by atoms with E-state index in [2.05, 4.69) is 32.0 Å². The highest BCUT2D eigenvalue weighted by molar-refractivity contribution is 7.16. The second-order valence-corrected chi connectivity index (χ2v) is 13.2. The Kier molecular flexibility index (Phi) is 8.56. The highest BCUT2D eigenvalue weighted by atomic mass is 32.1. The molecular weight excluding hydrogens is 588 g/mol. The van der Waals surface area contributed by atoms with Crippen molar-refractivity contribution >= 4 is 51.2 Å². The number of ether oxygens (including phenoxy) is 1. The molecule has 0 unspecified atom stereocenters. The van der Waals surface area contributed by atoms with Gasteiger partial charge in [0.1, 0.15) is 16.8 Å². The number of hydrogen-bond donors (Lipinski definition) is 4. The quantitative estimate of drug-likeness (QED) is 0.129. The summed E-state index contributed by atoms with van der Waals surface area (Å²) in [5, 5.41) is 4.44. The molecule has 2 aliphatic carbocycles. The third-order valence-corrected chi connectivity index (χ3v) is 10.5. The largest absolute Gasteiger partial charge is 0.473 e. The molecule has 0 amide bonds. The molecule has 3 aromatic rings.